The van der Waals surface area contributed by atoms with E-state index in [2.05, 4.69) is 15.6 Å². The highest BCUT2D eigenvalue weighted by Crippen LogP contribution is 2.34. The van der Waals surface area contributed by atoms with Gasteiger partial charge in [-0.05, 0) is 29.9 Å². The standard InChI is InChI=1S/C23H20ClFN4O2S/c1-30-20-11-17(18(24)12-21(20)31-14-16-9-5-6-10-19(16)25)13-26-29-22(27-28-23(29)32)15-7-3-2-4-8-15/h2-12,26H,13-14H2,1H3,(H,28,32). The van der Waals surface area contributed by atoms with Gasteiger partial charge in [0.1, 0.15) is 12.4 Å². The lowest BCUT2D eigenvalue weighted by Crippen LogP contribution is -2.16. The van der Waals surface area contributed by atoms with Crippen LogP contribution in [0.1, 0.15) is 11.1 Å². The van der Waals surface area contributed by atoms with Crippen LogP contribution in [0.5, 0.6) is 11.5 Å². The number of H-pyrrole nitrogens is 1. The van der Waals surface area contributed by atoms with E-state index in [-0.39, 0.29) is 12.4 Å². The van der Waals surface area contributed by atoms with Crippen molar-refractivity contribution in [3.63, 3.8) is 0 Å². The number of hydrogen-bond donors (Lipinski definition) is 2. The van der Waals surface area contributed by atoms with Gasteiger partial charge in [0.05, 0.1) is 13.7 Å². The highest BCUT2D eigenvalue weighted by Gasteiger charge is 2.14. The highest BCUT2D eigenvalue weighted by molar-refractivity contribution is 7.71. The second-order valence-corrected chi connectivity index (χ2v) is 7.66. The van der Waals surface area contributed by atoms with Gasteiger partial charge < -0.3 is 14.9 Å². The number of benzene rings is 3. The van der Waals surface area contributed by atoms with Crippen LogP contribution in [0.4, 0.5) is 4.39 Å². The summed E-state index contributed by atoms with van der Waals surface area (Å²) in [6, 6.07) is 19.6. The van der Waals surface area contributed by atoms with Gasteiger partial charge in [-0.2, -0.15) is 5.10 Å². The molecule has 0 saturated heterocycles. The molecule has 0 fully saturated rings. The van der Waals surface area contributed by atoms with Crippen molar-refractivity contribution in [2.45, 2.75) is 13.2 Å². The van der Waals surface area contributed by atoms with Crippen molar-refractivity contribution in [2.24, 2.45) is 0 Å². The third kappa shape index (κ3) is 4.76. The number of aromatic nitrogens is 3. The molecule has 0 aliphatic rings. The molecule has 0 aliphatic carbocycles. The van der Waals surface area contributed by atoms with Crippen LogP contribution in [0, 0.1) is 10.6 Å². The Labute approximate surface area is 194 Å². The monoisotopic (exact) mass is 470 g/mol. The van der Waals surface area contributed by atoms with Crippen LogP contribution in [-0.4, -0.2) is 22.0 Å². The van der Waals surface area contributed by atoms with E-state index in [0.717, 1.165) is 11.1 Å². The molecule has 3 aromatic carbocycles. The van der Waals surface area contributed by atoms with E-state index in [0.29, 0.717) is 39.2 Å². The summed E-state index contributed by atoms with van der Waals surface area (Å²) in [5, 5.41) is 7.57. The number of hydrogen-bond acceptors (Lipinski definition) is 5. The van der Waals surface area contributed by atoms with Crippen molar-refractivity contribution in [3.05, 3.63) is 93.5 Å². The molecule has 0 unspecified atom stereocenters. The molecule has 0 saturated carbocycles. The Kier molecular flexibility index (Phi) is 6.72. The Morgan fingerprint density at radius 1 is 1.06 bits per heavy atom. The maximum atomic E-state index is 13.9. The smallest absolute Gasteiger partial charge is 0.214 e. The zero-order chi connectivity index (χ0) is 22.5. The normalized spacial score (nSPS) is 10.7. The molecule has 1 heterocycles. The number of ether oxygens (including phenoxy) is 2. The number of nitrogens with one attached hydrogen (secondary N) is 2. The zero-order valence-corrected chi connectivity index (χ0v) is 18.7. The average molecular weight is 471 g/mol. The van der Waals surface area contributed by atoms with Gasteiger partial charge in [0.2, 0.25) is 4.77 Å². The molecule has 0 atom stereocenters. The van der Waals surface area contributed by atoms with Gasteiger partial charge in [-0.1, -0.05) is 60.1 Å². The largest absolute Gasteiger partial charge is 0.493 e. The summed E-state index contributed by atoms with van der Waals surface area (Å²) in [5.41, 5.74) is 5.36. The van der Waals surface area contributed by atoms with E-state index in [1.54, 1.807) is 35.0 Å². The summed E-state index contributed by atoms with van der Waals surface area (Å²) < 4.78 is 27.2. The maximum absolute atomic E-state index is 13.9. The van der Waals surface area contributed by atoms with Gasteiger partial charge >= 0.3 is 0 Å². The lowest BCUT2D eigenvalue weighted by Gasteiger charge is -2.15. The minimum absolute atomic E-state index is 0.0571. The first-order chi connectivity index (χ1) is 15.6. The summed E-state index contributed by atoms with van der Waals surface area (Å²) in [6.07, 6.45) is 0. The molecular weight excluding hydrogens is 451 g/mol. The number of rotatable bonds is 8. The van der Waals surface area contributed by atoms with Gasteiger partial charge in [0.25, 0.3) is 0 Å². The molecule has 4 aromatic rings. The van der Waals surface area contributed by atoms with Crippen molar-refractivity contribution >= 4 is 23.8 Å². The molecule has 164 valence electrons. The summed E-state index contributed by atoms with van der Waals surface area (Å²) in [6.45, 7) is 0.415. The molecule has 4 rings (SSSR count). The van der Waals surface area contributed by atoms with E-state index in [9.17, 15) is 4.39 Å². The first-order valence-corrected chi connectivity index (χ1v) is 10.5. The van der Waals surface area contributed by atoms with Crippen LogP contribution < -0.4 is 14.9 Å². The van der Waals surface area contributed by atoms with Crippen LogP contribution in [0.15, 0.2) is 66.7 Å². The summed E-state index contributed by atoms with van der Waals surface area (Å²) >= 11 is 11.9. The Bertz CT molecular complexity index is 1280. The first-order valence-electron chi connectivity index (χ1n) is 9.76. The summed E-state index contributed by atoms with van der Waals surface area (Å²) in [4.78, 5) is 0. The summed E-state index contributed by atoms with van der Waals surface area (Å²) in [5.74, 6) is 1.24. The van der Waals surface area contributed by atoms with Crippen LogP contribution in [0.2, 0.25) is 5.02 Å². The minimum atomic E-state index is -0.329. The van der Waals surface area contributed by atoms with Gasteiger partial charge in [0.15, 0.2) is 17.3 Å². The molecular formula is C23H20ClFN4O2S. The molecule has 1 aromatic heterocycles. The second kappa shape index (κ2) is 9.84. The molecule has 0 aliphatic heterocycles. The fourth-order valence-electron chi connectivity index (χ4n) is 3.14. The molecule has 0 amide bonds. The molecule has 0 spiro atoms. The number of halogens is 2. The van der Waals surface area contributed by atoms with E-state index < -0.39 is 0 Å². The maximum Gasteiger partial charge on any atom is 0.214 e. The third-order valence-electron chi connectivity index (χ3n) is 4.81. The Morgan fingerprint density at radius 3 is 2.56 bits per heavy atom. The van der Waals surface area contributed by atoms with Gasteiger partial charge in [-0.25, -0.2) is 14.2 Å². The SMILES string of the molecule is COc1cc(CNn2c(-c3ccccc3)n[nH]c2=S)c(Cl)cc1OCc1ccccc1F. The van der Waals surface area contributed by atoms with E-state index in [1.165, 1.54) is 13.2 Å². The van der Waals surface area contributed by atoms with Gasteiger partial charge in [-0.15, -0.1) is 0 Å². The minimum Gasteiger partial charge on any atom is -0.493 e. The van der Waals surface area contributed by atoms with Crippen molar-refractivity contribution < 1.29 is 13.9 Å². The lowest BCUT2D eigenvalue weighted by molar-refractivity contribution is 0.279. The van der Waals surface area contributed by atoms with Crippen molar-refractivity contribution in [1.82, 2.24) is 14.9 Å². The van der Waals surface area contributed by atoms with Gasteiger partial charge in [-0.3, -0.25) is 0 Å². The fraction of sp³-hybridized carbons (Fsp3) is 0.130. The Hall–Kier alpha value is -3.36. The first kappa shape index (κ1) is 21.9. The number of methoxy groups -OCH3 is 1. The molecule has 0 radical (unpaired) electrons. The van der Waals surface area contributed by atoms with Crippen LogP contribution in [-0.2, 0) is 13.2 Å². The van der Waals surface area contributed by atoms with Crippen LogP contribution in [0.3, 0.4) is 0 Å². The second-order valence-electron chi connectivity index (χ2n) is 6.86. The topological polar surface area (TPSA) is 64.1 Å². The molecule has 32 heavy (non-hydrogen) atoms. The Balaban J connectivity index is 1.53. The number of nitrogens with zero attached hydrogens (tertiary/aromatic N) is 2. The van der Waals surface area contributed by atoms with Crippen molar-refractivity contribution in [1.29, 1.82) is 0 Å². The van der Waals surface area contributed by atoms with Crippen molar-refractivity contribution in [3.8, 4) is 22.9 Å². The van der Waals surface area contributed by atoms with Gasteiger partial charge in [0, 0.05) is 22.2 Å². The fourth-order valence-corrected chi connectivity index (χ4v) is 3.56. The zero-order valence-electron chi connectivity index (χ0n) is 17.1. The highest BCUT2D eigenvalue weighted by atomic mass is 35.5. The predicted molar refractivity (Wildman–Crippen MR) is 125 cm³/mol. The molecule has 9 heteroatoms. The molecule has 0 bridgehead atoms. The van der Waals surface area contributed by atoms with E-state index in [4.69, 9.17) is 33.3 Å². The van der Waals surface area contributed by atoms with Crippen molar-refractivity contribution in [2.75, 3.05) is 12.5 Å². The van der Waals surface area contributed by atoms with E-state index in [1.807, 2.05) is 30.3 Å². The summed E-state index contributed by atoms with van der Waals surface area (Å²) in [7, 11) is 1.54. The number of aromatic amines is 1. The Morgan fingerprint density at radius 2 is 1.81 bits per heavy atom. The predicted octanol–water partition coefficient (Wildman–Crippen LogP) is 5.73. The quantitative estimate of drug-likeness (QED) is 0.322. The van der Waals surface area contributed by atoms with Crippen LogP contribution >= 0.6 is 23.8 Å². The van der Waals surface area contributed by atoms with E-state index >= 15 is 0 Å². The van der Waals surface area contributed by atoms with Crippen LogP contribution in [0.25, 0.3) is 11.4 Å². The lowest BCUT2D eigenvalue weighted by atomic mass is 10.2. The molecule has 2 N–H and O–H groups in total. The average Bonchev–Trinajstić information content (AvgIpc) is 3.18. The third-order valence-corrected chi connectivity index (χ3v) is 5.43. The molecule has 6 nitrogen and oxygen atoms in total.